The number of esters is 1. The third kappa shape index (κ3) is 4.18. The van der Waals surface area contributed by atoms with Gasteiger partial charge in [-0.15, -0.1) is 0 Å². The lowest BCUT2D eigenvalue weighted by Gasteiger charge is -2.33. The molecule has 1 fully saturated rings. The molecule has 2 rings (SSSR count). The topological polar surface area (TPSA) is 58.6 Å². The minimum atomic E-state index is -0.875. The second-order valence-electron chi connectivity index (χ2n) is 6.79. The molecule has 1 aliphatic heterocycles. The van der Waals surface area contributed by atoms with Gasteiger partial charge in [0.2, 0.25) is 5.91 Å². The number of likely N-dealkylation sites (tertiary alicyclic amines) is 1. The van der Waals surface area contributed by atoms with Gasteiger partial charge in [-0.3, -0.25) is 14.5 Å². The van der Waals surface area contributed by atoms with Gasteiger partial charge >= 0.3 is 5.97 Å². The highest BCUT2D eigenvalue weighted by atomic mass is 35.5. The fourth-order valence-electron chi connectivity index (χ4n) is 3.64. The number of halogens is 1. The summed E-state index contributed by atoms with van der Waals surface area (Å²) in [6.07, 6.45) is 3.35. The number of hydrogen-bond donors (Lipinski definition) is 1. The van der Waals surface area contributed by atoms with Crippen molar-refractivity contribution in [3.63, 3.8) is 0 Å². The Morgan fingerprint density at radius 1 is 1.42 bits per heavy atom. The standard InChI is InChI=1S/C19H27ClN2O3S/c1-19(18(24)25-3)12-14(17(23)21-10-7-11-26-4)16(22(19)2)13-8-5-6-9-15(13)20/h5-6,8-9,14,16H,7,10-12H2,1-4H3,(H,21,23)/t14-,16-,19-/m0/s1. The van der Waals surface area contributed by atoms with Crippen LogP contribution in [0.4, 0.5) is 0 Å². The minimum absolute atomic E-state index is 0.0458. The van der Waals surface area contributed by atoms with Crippen molar-refractivity contribution in [2.75, 3.05) is 32.7 Å². The van der Waals surface area contributed by atoms with Crippen molar-refractivity contribution < 1.29 is 14.3 Å². The molecule has 1 heterocycles. The summed E-state index contributed by atoms with van der Waals surface area (Å²) in [7, 11) is 3.23. The van der Waals surface area contributed by atoms with Crippen LogP contribution in [0, 0.1) is 5.92 Å². The number of nitrogens with one attached hydrogen (secondary N) is 1. The van der Waals surface area contributed by atoms with Gasteiger partial charge in [0.15, 0.2) is 0 Å². The lowest BCUT2D eigenvalue weighted by molar-refractivity contribution is -0.152. The van der Waals surface area contributed by atoms with Gasteiger partial charge in [0.05, 0.1) is 13.0 Å². The Morgan fingerprint density at radius 2 is 2.12 bits per heavy atom. The van der Waals surface area contributed by atoms with E-state index in [-0.39, 0.29) is 23.8 Å². The molecule has 144 valence electrons. The Kier molecular flexibility index (Phi) is 7.38. The molecule has 1 N–H and O–H groups in total. The zero-order valence-electron chi connectivity index (χ0n) is 15.8. The van der Waals surface area contributed by atoms with E-state index in [0.717, 1.165) is 17.7 Å². The maximum atomic E-state index is 12.9. The van der Waals surface area contributed by atoms with Gasteiger partial charge in [0, 0.05) is 17.6 Å². The maximum Gasteiger partial charge on any atom is 0.326 e. The van der Waals surface area contributed by atoms with Crippen molar-refractivity contribution in [3.8, 4) is 0 Å². The molecule has 1 aromatic rings. The number of thioether (sulfide) groups is 1. The average molecular weight is 399 g/mol. The van der Waals surface area contributed by atoms with E-state index < -0.39 is 5.54 Å². The van der Waals surface area contributed by atoms with Crippen LogP contribution < -0.4 is 5.32 Å². The van der Waals surface area contributed by atoms with Crippen LogP contribution in [0.1, 0.15) is 31.4 Å². The van der Waals surface area contributed by atoms with Gasteiger partial charge < -0.3 is 10.1 Å². The Balaban J connectivity index is 2.31. The predicted molar refractivity (Wildman–Crippen MR) is 106 cm³/mol. The number of methoxy groups -OCH3 is 1. The summed E-state index contributed by atoms with van der Waals surface area (Å²) in [5.74, 6) is 0.238. The van der Waals surface area contributed by atoms with Gasteiger partial charge in [-0.05, 0) is 50.5 Å². The number of rotatable bonds is 7. The molecule has 1 aliphatic rings. The number of carbonyl (C=O) groups excluding carboxylic acids is 2. The van der Waals surface area contributed by atoms with Crippen molar-refractivity contribution >= 4 is 35.2 Å². The minimum Gasteiger partial charge on any atom is -0.468 e. The third-order valence-corrected chi connectivity index (χ3v) is 6.25. The van der Waals surface area contributed by atoms with Gasteiger partial charge in [-0.2, -0.15) is 11.8 Å². The maximum absolute atomic E-state index is 12.9. The summed E-state index contributed by atoms with van der Waals surface area (Å²) >= 11 is 8.17. The van der Waals surface area contributed by atoms with E-state index in [9.17, 15) is 9.59 Å². The summed E-state index contributed by atoms with van der Waals surface area (Å²) in [5.41, 5.74) is -0.0200. The summed E-state index contributed by atoms with van der Waals surface area (Å²) in [5, 5.41) is 3.62. The van der Waals surface area contributed by atoms with Crippen LogP contribution in [0.25, 0.3) is 0 Å². The summed E-state index contributed by atoms with van der Waals surface area (Å²) in [4.78, 5) is 27.3. The SMILES string of the molecule is COC(=O)[C@]1(C)C[C@H](C(=O)NCCCSC)[C@H](c2ccccc2Cl)N1C. The van der Waals surface area contributed by atoms with Crippen LogP contribution in [0.15, 0.2) is 24.3 Å². The first-order valence-electron chi connectivity index (χ1n) is 8.69. The molecule has 1 aromatic carbocycles. The fraction of sp³-hybridized carbons (Fsp3) is 0.579. The number of amides is 1. The van der Waals surface area contributed by atoms with Gasteiger partial charge in [0.1, 0.15) is 5.54 Å². The van der Waals surface area contributed by atoms with Crippen molar-refractivity contribution in [1.82, 2.24) is 10.2 Å². The van der Waals surface area contributed by atoms with E-state index in [0.29, 0.717) is 18.0 Å². The highest BCUT2D eigenvalue weighted by molar-refractivity contribution is 7.98. The highest BCUT2D eigenvalue weighted by Crippen LogP contribution is 2.47. The Morgan fingerprint density at radius 3 is 2.73 bits per heavy atom. The first-order chi connectivity index (χ1) is 12.4. The smallest absolute Gasteiger partial charge is 0.326 e. The number of nitrogens with zero attached hydrogens (tertiary/aromatic N) is 1. The van der Waals surface area contributed by atoms with Crippen molar-refractivity contribution in [2.45, 2.75) is 31.3 Å². The quantitative estimate of drug-likeness (QED) is 0.564. The third-order valence-electron chi connectivity index (χ3n) is 5.20. The van der Waals surface area contributed by atoms with E-state index in [4.69, 9.17) is 16.3 Å². The number of ether oxygens (including phenoxy) is 1. The Hall–Kier alpha value is -1.24. The molecule has 0 bridgehead atoms. The van der Waals surface area contributed by atoms with Crippen LogP contribution in [0.2, 0.25) is 5.02 Å². The number of likely N-dealkylation sites (N-methyl/N-ethyl adjacent to an activating group) is 1. The number of benzene rings is 1. The molecule has 0 unspecified atom stereocenters. The molecule has 0 radical (unpaired) electrons. The summed E-state index contributed by atoms with van der Waals surface area (Å²) < 4.78 is 5.02. The predicted octanol–water partition coefficient (Wildman–Crippen LogP) is 3.13. The monoisotopic (exact) mass is 398 g/mol. The molecular formula is C19H27ClN2O3S. The Labute approximate surface area is 164 Å². The van der Waals surface area contributed by atoms with Crippen LogP contribution in [-0.2, 0) is 14.3 Å². The van der Waals surface area contributed by atoms with Crippen molar-refractivity contribution in [1.29, 1.82) is 0 Å². The lowest BCUT2D eigenvalue weighted by Crippen LogP contribution is -2.47. The summed E-state index contributed by atoms with van der Waals surface area (Å²) in [6, 6.07) is 7.20. The molecule has 0 aliphatic carbocycles. The van der Waals surface area contributed by atoms with Gasteiger partial charge in [0.25, 0.3) is 0 Å². The second kappa shape index (κ2) is 9.11. The van der Waals surface area contributed by atoms with E-state index in [2.05, 4.69) is 5.32 Å². The molecule has 7 heteroatoms. The van der Waals surface area contributed by atoms with Crippen molar-refractivity contribution in [2.24, 2.45) is 5.92 Å². The summed E-state index contributed by atoms with van der Waals surface area (Å²) in [6.45, 7) is 2.45. The molecule has 0 spiro atoms. The van der Waals surface area contributed by atoms with Crippen LogP contribution >= 0.6 is 23.4 Å². The second-order valence-corrected chi connectivity index (χ2v) is 8.18. The molecule has 3 atom stereocenters. The molecular weight excluding hydrogens is 372 g/mol. The largest absolute Gasteiger partial charge is 0.468 e. The first kappa shape index (κ1) is 21.1. The number of carbonyl (C=O) groups is 2. The van der Waals surface area contributed by atoms with Gasteiger partial charge in [-0.1, -0.05) is 29.8 Å². The lowest BCUT2D eigenvalue weighted by atomic mass is 9.89. The normalized spacial score (nSPS) is 25.9. The average Bonchev–Trinajstić information content (AvgIpc) is 2.91. The van der Waals surface area contributed by atoms with Crippen LogP contribution in [0.3, 0.4) is 0 Å². The Bertz CT molecular complexity index is 657. The van der Waals surface area contributed by atoms with E-state index in [1.807, 2.05) is 49.4 Å². The molecule has 1 saturated heterocycles. The zero-order chi connectivity index (χ0) is 19.3. The molecule has 26 heavy (non-hydrogen) atoms. The zero-order valence-corrected chi connectivity index (χ0v) is 17.3. The highest BCUT2D eigenvalue weighted by Gasteiger charge is 2.55. The molecule has 0 aromatic heterocycles. The van der Waals surface area contributed by atoms with E-state index in [1.54, 1.807) is 11.8 Å². The van der Waals surface area contributed by atoms with Crippen LogP contribution in [0.5, 0.6) is 0 Å². The molecule has 5 nitrogen and oxygen atoms in total. The van der Waals surface area contributed by atoms with Crippen LogP contribution in [-0.4, -0.2) is 55.0 Å². The fourth-order valence-corrected chi connectivity index (χ4v) is 4.32. The molecule has 1 amide bonds. The van der Waals surface area contributed by atoms with Crippen molar-refractivity contribution in [3.05, 3.63) is 34.9 Å². The first-order valence-corrected chi connectivity index (χ1v) is 10.5. The number of hydrogen-bond acceptors (Lipinski definition) is 5. The van der Waals surface area contributed by atoms with Gasteiger partial charge in [-0.25, -0.2) is 0 Å². The van der Waals surface area contributed by atoms with E-state index in [1.165, 1.54) is 7.11 Å². The van der Waals surface area contributed by atoms with E-state index >= 15 is 0 Å². The molecule has 0 saturated carbocycles.